The third-order valence-corrected chi connectivity index (χ3v) is 10.5. The number of rotatable bonds is 23. The number of amides is 1. The lowest BCUT2D eigenvalue weighted by molar-refractivity contribution is -0.137. The molecule has 4 N–H and O–H groups in total. The second-order valence-electron chi connectivity index (χ2n) is 12.8. The number of benzene rings is 1. The number of nitrogens with zero attached hydrogens (tertiary/aromatic N) is 4. The molecule has 260 valence electrons. The van der Waals surface area contributed by atoms with E-state index >= 15 is 0 Å². The Hall–Kier alpha value is -3.60. The molecule has 1 fully saturated rings. The number of carbonyl (C=O) groups excluding carboxylic acids is 1. The molecule has 1 aliphatic heterocycles. The maximum atomic E-state index is 12.5. The molecule has 0 saturated carbocycles. The van der Waals surface area contributed by atoms with Crippen LogP contribution in [0.4, 0.5) is 5.82 Å². The lowest BCUT2D eigenvalue weighted by Crippen LogP contribution is -2.43. The number of primary amides is 1. The number of unbranched alkanes of at least 4 members (excludes halogenated alkanes) is 12. The fourth-order valence-electron chi connectivity index (χ4n) is 6.47. The van der Waals surface area contributed by atoms with E-state index in [1.54, 1.807) is 0 Å². The molecule has 0 spiro atoms. The molecule has 2 heterocycles. The molecule has 0 bridgehead atoms. The highest BCUT2D eigenvalue weighted by molar-refractivity contribution is 8.00. The molecule has 9 nitrogen and oxygen atoms in total. The van der Waals surface area contributed by atoms with Crippen LogP contribution in [-0.4, -0.2) is 47.6 Å². The van der Waals surface area contributed by atoms with E-state index in [4.69, 9.17) is 15.8 Å². The van der Waals surface area contributed by atoms with Crippen molar-refractivity contribution in [2.24, 2.45) is 5.73 Å². The molecule has 2 aromatic rings. The van der Waals surface area contributed by atoms with Crippen molar-refractivity contribution in [3.63, 3.8) is 0 Å². The number of carboxylic acids is 1. The molecule has 1 aromatic heterocycles. The van der Waals surface area contributed by atoms with Crippen LogP contribution in [0.3, 0.4) is 0 Å². The molecule has 1 aliphatic rings. The molecule has 1 amide bonds. The average molecular weight is 675 g/mol. The maximum absolute atomic E-state index is 12.5. The number of carboxylic acid groups (broad SMARTS) is 1. The van der Waals surface area contributed by atoms with Gasteiger partial charge in [-0.3, -0.25) is 9.59 Å². The van der Waals surface area contributed by atoms with Gasteiger partial charge in [-0.1, -0.05) is 120 Å². The van der Waals surface area contributed by atoms with Gasteiger partial charge in [0, 0.05) is 25.6 Å². The summed E-state index contributed by atoms with van der Waals surface area (Å²) in [5, 5.41) is 32.4. The lowest BCUT2D eigenvalue weighted by atomic mass is 9.99. The molecular formula is C38H54N6O3S. The standard InChI is InChI=1S/C38H54N6O3S/c1-2-31-32(27-39)37(43-38(33(31)28-40)48-35(36(41)47)29-19-15-14-16-20-29)44-25-22-30(23-26-44)42-24-18-13-11-9-7-5-3-4-6-8-10-12-17-21-34(45)46/h14-16,19-20,30,35,42H,2-13,17-18,21-26H2,1H3,(H2,41,47)(H,45,46). The summed E-state index contributed by atoms with van der Waals surface area (Å²) in [6, 6.07) is 14.3. The van der Waals surface area contributed by atoms with Crippen LogP contribution in [-0.2, 0) is 16.0 Å². The van der Waals surface area contributed by atoms with Gasteiger partial charge in [0.25, 0.3) is 0 Å². The van der Waals surface area contributed by atoms with Crippen molar-refractivity contribution in [2.75, 3.05) is 24.5 Å². The largest absolute Gasteiger partial charge is 0.481 e. The Balaban J connectivity index is 1.39. The first kappa shape index (κ1) is 38.8. The highest BCUT2D eigenvalue weighted by Gasteiger charge is 2.29. The van der Waals surface area contributed by atoms with E-state index in [1.165, 1.54) is 76.0 Å². The maximum Gasteiger partial charge on any atom is 0.303 e. The van der Waals surface area contributed by atoms with Crippen LogP contribution in [0, 0.1) is 22.7 Å². The van der Waals surface area contributed by atoms with Gasteiger partial charge in [0.15, 0.2) is 0 Å². The van der Waals surface area contributed by atoms with Crippen molar-refractivity contribution >= 4 is 29.5 Å². The summed E-state index contributed by atoms with van der Waals surface area (Å²) < 4.78 is 0. The number of hydrogen-bond donors (Lipinski definition) is 3. The molecule has 1 aromatic carbocycles. The number of carbonyl (C=O) groups is 2. The number of piperidine rings is 1. The number of nitrogens with one attached hydrogen (secondary N) is 1. The van der Waals surface area contributed by atoms with Gasteiger partial charge in [-0.2, -0.15) is 10.5 Å². The second-order valence-corrected chi connectivity index (χ2v) is 13.9. The Morgan fingerprint density at radius 1 is 0.917 bits per heavy atom. The number of aliphatic carboxylic acids is 1. The van der Waals surface area contributed by atoms with Crippen molar-refractivity contribution in [3.05, 3.63) is 52.6 Å². The van der Waals surface area contributed by atoms with Gasteiger partial charge in [0.05, 0.1) is 11.1 Å². The topological polar surface area (TPSA) is 156 Å². The van der Waals surface area contributed by atoms with Crippen molar-refractivity contribution in [1.29, 1.82) is 10.5 Å². The first-order valence-electron chi connectivity index (χ1n) is 18.0. The summed E-state index contributed by atoms with van der Waals surface area (Å²) in [6.07, 6.45) is 18.5. The van der Waals surface area contributed by atoms with Crippen molar-refractivity contribution < 1.29 is 14.7 Å². The van der Waals surface area contributed by atoms with Crippen LogP contribution in [0.15, 0.2) is 35.4 Å². The van der Waals surface area contributed by atoms with Crippen molar-refractivity contribution in [1.82, 2.24) is 10.3 Å². The predicted octanol–water partition coefficient (Wildman–Crippen LogP) is 7.81. The predicted molar refractivity (Wildman–Crippen MR) is 193 cm³/mol. The van der Waals surface area contributed by atoms with Crippen LogP contribution >= 0.6 is 11.8 Å². The van der Waals surface area contributed by atoms with Gasteiger partial charge in [-0.15, -0.1) is 0 Å². The van der Waals surface area contributed by atoms with Crippen LogP contribution in [0.1, 0.15) is 137 Å². The Bertz CT molecular complexity index is 1370. The zero-order valence-corrected chi connectivity index (χ0v) is 29.5. The summed E-state index contributed by atoms with van der Waals surface area (Å²) >= 11 is 1.19. The number of aromatic nitrogens is 1. The van der Waals surface area contributed by atoms with Gasteiger partial charge in [0.1, 0.15) is 28.2 Å². The summed E-state index contributed by atoms with van der Waals surface area (Å²) in [4.78, 5) is 30.0. The molecule has 48 heavy (non-hydrogen) atoms. The summed E-state index contributed by atoms with van der Waals surface area (Å²) in [5.74, 6) is -0.589. The van der Waals surface area contributed by atoms with E-state index in [-0.39, 0.29) is 0 Å². The summed E-state index contributed by atoms with van der Waals surface area (Å²) in [7, 11) is 0. The lowest BCUT2D eigenvalue weighted by Gasteiger charge is -2.34. The minimum atomic E-state index is -0.698. The van der Waals surface area contributed by atoms with E-state index in [1.807, 2.05) is 37.3 Å². The van der Waals surface area contributed by atoms with Gasteiger partial charge >= 0.3 is 5.97 Å². The number of nitrogens with two attached hydrogens (primary N) is 1. The summed E-state index contributed by atoms with van der Waals surface area (Å²) in [6.45, 7) is 4.49. The molecule has 1 unspecified atom stereocenters. The van der Waals surface area contributed by atoms with Crippen molar-refractivity contribution in [2.45, 2.75) is 132 Å². The number of anilines is 1. The van der Waals surface area contributed by atoms with E-state index in [2.05, 4.69) is 22.4 Å². The van der Waals surface area contributed by atoms with E-state index in [0.717, 1.165) is 57.3 Å². The molecule has 0 aliphatic carbocycles. The Kier molecular flexibility index (Phi) is 17.9. The normalized spacial score (nSPS) is 13.9. The fourth-order valence-corrected chi connectivity index (χ4v) is 7.53. The minimum Gasteiger partial charge on any atom is -0.481 e. The number of nitriles is 2. The van der Waals surface area contributed by atoms with Crippen LogP contribution in [0.25, 0.3) is 0 Å². The Morgan fingerprint density at radius 3 is 1.96 bits per heavy atom. The SMILES string of the molecule is CCc1c(C#N)c(SC(C(N)=O)c2ccccc2)nc(N2CCC(NCCCCCCCCCCCCCCCC(=O)O)CC2)c1C#N. The fraction of sp³-hybridized carbons (Fsp3) is 0.605. The molecule has 0 radical (unpaired) electrons. The molecule has 3 rings (SSSR count). The number of thioether (sulfide) groups is 1. The van der Waals surface area contributed by atoms with Gasteiger partial charge in [-0.25, -0.2) is 4.98 Å². The Morgan fingerprint density at radius 2 is 1.46 bits per heavy atom. The highest BCUT2D eigenvalue weighted by Crippen LogP contribution is 2.40. The Labute approximate surface area is 291 Å². The van der Waals surface area contributed by atoms with E-state index < -0.39 is 17.1 Å². The average Bonchev–Trinajstić information content (AvgIpc) is 3.10. The monoisotopic (exact) mass is 674 g/mol. The number of hydrogen-bond acceptors (Lipinski definition) is 8. The third kappa shape index (κ3) is 12.8. The van der Waals surface area contributed by atoms with E-state index in [9.17, 15) is 20.1 Å². The van der Waals surface area contributed by atoms with Crippen molar-refractivity contribution in [3.8, 4) is 12.1 Å². The second kappa shape index (κ2) is 22.1. The third-order valence-electron chi connectivity index (χ3n) is 9.21. The smallest absolute Gasteiger partial charge is 0.303 e. The zero-order valence-electron chi connectivity index (χ0n) is 28.7. The minimum absolute atomic E-state index is 0.304. The molecular weight excluding hydrogens is 621 g/mol. The van der Waals surface area contributed by atoms with Gasteiger partial charge in [-0.05, 0) is 49.8 Å². The van der Waals surface area contributed by atoms with Gasteiger partial charge in [0.2, 0.25) is 5.91 Å². The van der Waals surface area contributed by atoms with Gasteiger partial charge < -0.3 is 21.1 Å². The summed E-state index contributed by atoms with van der Waals surface area (Å²) in [5.41, 5.74) is 8.02. The number of pyridine rings is 1. The molecule has 1 atom stereocenters. The highest BCUT2D eigenvalue weighted by atomic mass is 32.2. The quantitative estimate of drug-likeness (QED) is 0.0790. The first-order valence-corrected chi connectivity index (χ1v) is 18.9. The van der Waals surface area contributed by atoms with Crippen LogP contribution < -0.4 is 16.0 Å². The van der Waals surface area contributed by atoms with Crippen LogP contribution in [0.5, 0.6) is 0 Å². The van der Waals surface area contributed by atoms with Crippen LogP contribution in [0.2, 0.25) is 0 Å². The molecule has 10 heteroatoms. The molecule has 1 saturated heterocycles. The van der Waals surface area contributed by atoms with E-state index in [0.29, 0.717) is 46.4 Å². The first-order chi connectivity index (χ1) is 23.4. The zero-order chi connectivity index (χ0) is 34.6.